The minimum atomic E-state index is -4.69. The molecule has 217 valence electrons. The Kier molecular flexibility index (Phi) is 8.39. The zero-order valence-corrected chi connectivity index (χ0v) is 23.8. The van der Waals surface area contributed by atoms with Crippen molar-refractivity contribution in [3.05, 3.63) is 71.9 Å². The number of hydrogen-bond donors (Lipinski definition) is 2. The molecule has 2 aromatic heterocycles. The number of benzene rings is 1. The van der Waals surface area contributed by atoms with Crippen molar-refractivity contribution >= 4 is 34.0 Å². The van der Waals surface area contributed by atoms with Gasteiger partial charge in [-0.1, -0.05) is 37.4 Å². The number of carbonyl (C=O) groups is 1. The number of halogens is 4. The van der Waals surface area contributed by atoms with Gasteiger partial charge in [0.25, 0.3) is 5.91 Å². The first-order valence-corrected chi connectivity index (χ1v) is 12.1. The van der Waals surface area contributed by atoms with Crippen LogP contribution < -0.4 is 10.6 Å². The van der Waals surface area contributed by atoms with Gasteiger partial charge in [0, 0.05) is 30.1 Å². The van der Waals surface area contributed by atoms with Crippen molar-refractivity contribution < 1.29 is 22.4 Å². The van der Waals surface area contributed by atoms with E-state index in [1.165, 1.54) is 10.8 Å². The first-order valence-electron chi connectivity index (χ1n) is 12.1. The molecular formula is C27H29F4LrN6O-. The topological polar surface area (TPSA) is 75.1 Å². The Bertz CT molecular complexity index is 1370. The molecule has 0 unspecified atom stereocenters. The van der Waals surface area contributed by atoms with Crippen LogP contribution >= 0.6 is 0 Å². The molecule has 1 fully saturated rings. The number of anilines is 1. The van der Waals surface area contributed by atoms with E-state index in [2.05, 4.69) is 27.3 Å². The molecule has 2 N–H and O–H groups in total. The molecule has 1 saturated heterocycles. The van der Waals surface area contributed by atoms with Crippen molar-refractivity contribution in [1.29, 1.82) is 0 Å². The van der Waals surface area contributed by atoms with Gasteiger partial charge >= 0.3 is 6.18 Å². The van der Waals surface area contributed by atoms with Crippen LogP contribution in [-0.4, -0.2) is 64.5 Å². The first kappa shape index (κ1) is 28.8. The van der Waals surface area contributed by atoms with E-state index in [9.17, 15) is 22.4 Å². The molecule has 0 spiro atoms. The van der Waals surface area contributed by atoms with Gasteiger partial charge < -0.3 is 19.9 Å². The fourth-order valence-electron chi connectivity index (χ4n) is 4.45. The molecule has 1 amide bonds. The Labute approximate surface area is 218 Å². The summed E-state index contributed by atoms with van der Waals surface area (Å²) in [6.45, 7) is 6.02. The molecule has 12 heteroatoms. The van der Waals surface area contributed by atoms with Crippen LogP contribution in [0.5, 0.6) is 0 Å². The van der Waals surface area contributed by atoms with Crippen LogP contribution in [0.3, 0.4) is 0 Å². The van der Waals surface area contributed by atoms with E-state index in [0.29, 0.717) is 29.7 Å². The maximum Gasteiger partial charge on any atom is 0.417 e. The quantitative estimate of drug-likeness (QED) is 0.263. The summed E-state index contributed by atoms with van der Waals surface area (Å²) >= 11 is 0. The number of fused-ring (bicyclic) bond motifs is 1. The van der Waals surface area contributed by atoms with Crippen LogP contribution in [0.1, 0.15) is 33.9 Å². The third kappa shape index (κ3) is 6.23. The summed E-state index contributed by atoms with van der Waals surface area (Å²) in [6.07, 6.45) is 0.312. The Hall–Kier alpha value is -4.73. The third-order valence-corrected chi connectivity index (χ3v) is 6.46. The molecule has 4 rings (SSSR count). The van der Waals surface area contributed by atoms with Crippen LogP contribution in [0.2, 0.25) is 0 Å². The number of amides is 1. The van der Waals surface area contributed by atoms with E-state index in [1.54, 1.807) is 50.5 Å². The maximum atomic E-state index is 14.6. The molecule has 1 aliphatic heterocycles. The molecule has 1 atom stereocenters. The largest absolute Gasteiger partial charge is 0.453 e. The van der Waals surface area contributed by atoms with E-state index in [0.717, 1.165) is 5.56 Å². The maximum absolute atomic E-state index is 14.6. The van der Waals surface area contributed by atoms with Crippen molar-refractivity contribution in [3.63, 3.8) is 0 Å². The predicted octanol–water partition coefficient (Wildman–Crippen LogP) is 4.91. The summed E-state index contributed by atoms with van der Waals surface area (Å²) in [5.74, 6) is -0.326. The van der Waals surface area contributed by atoms with E-state index in [-0.39, 0.29) is 41.9 Å². The summed E-state index contributed by atoms with van der Waals surface area (Å²) in [4.78, 5) is 18.6. The van der Waals surface area contributed by atoms with Crippen LogP contribution in [0.15, 0.2) is 43.1 Å². The standard InChI is InChI=1S/C27H29F4N6O.Lr/c1-16-14-33-37(4)25(16)26(38)32-11-6-7-18-13-20-19(24(34-18)17(2)27(29,30)31)8-5-9-22(20)35-23-10-12-36(3)15-21(23)28;/h5-9,13-14,23,35H,2,10-12,15H2,1,3-4H3,(H,32,38);/q-1;/b7-6+;/t23-;/m1./s1. The van der Waals surface area contributed by atoms with Crippen molar-refractivity contribution in [3.8, 4) is 0 Å². The summed E-state index contributed by atoms with van der Waals surface area (Å²) in [5, 5.41) is 10.7. The summed E-state index contributed by atoms with van der Waals surface area (Å²) in [6, 6.07) is 5.94. The van der Waals surface area contributed by atoms with E-state index in [4.69, 9.17) is 0 Å². The molecule has 0 saturated carbocycles. The number of allylic oxidation sites excluding steroid dienone is 1. The molecule has 0 bridgehead atoms. The number of carbonyl (C=O) groups excluding carboxylic acids is 1. The number of rotatable bonds is 7. The van der Waals surface area contributed by atoms with Gasteiger partial charge in [0.15, 0.2) is 0 Å². The second-order valence-electron chi connectivity index (χ2n) is 9.36. The summed E-state index contributed by atoms with van der Waals surface area (Å²) in [7, 11) is 3.49. The van der Waals surface area contributed by atoms with Crippen molar-refractivity contribution in [2.45, 2.75) is 25.6 Å². The SMILES string of the molecule is C=C(c1nc(/C=C/CNC(=O)c2c(C)cnn2C)cc2c(N[C@@H]3CCN(C)C[C-]3F)cccc12)C(F)(F)F.[Lr]. The van der Waals surface area contributed by atoms with Gasteiger partial charge in [0.1, 0.15) is 5.69 Å². The van der Waals surface area contributed by atoms with E-state index in [1.807, 2.05) is 11.9 Å². The number of likely N-dealkylation sites (tertiary alicyclic amines) is 1. The summed E-state index contributed by atoms with van der Waals surface area (Å²) in [5.41, 5.74) is 0.498. The number of nitrogens with zero attached hydrogens (tertiary/aromatic N) is 4. The minimum Gasteiger partial charge on any atom is -0.453 e. The zero-order chi connectivity index (χ0) is 27.6. The van der Waals surface area contributed by atoms with Gasteiger partial charge in [-0.3, -0.25) is 9.48 Å². The third-order valence-electron chi connectivity index (χ3n) is 6.46. The van der Waals surface area contributed by atoms with Crippen LogP contribution in [0, 0.1) is 13.1 Å². The van der Waals surface area contributed by atoms with Gasteiger partial charge in [0.05, 0.1) is 23.2 Å². The number of nitrogens with one attached hydrogen (secondary N) is 2. The Morgan fingerprint density at radius 3 is 2.67 bits per heavy atom. The Balaban J connectivity index is 0.00000420. The predicted molar refractivity (Wildman–Crippen MR) is 140 cm³/mol. The van der Waals surface area contributed by atoms with Crippen molar-refractivity contribution in [1.82, 2.24) is 25.0 Å². The van der Waals surface area contributed by atoms with Crippen LogP contribution in [0.4, 0.5) is 23.2 Å². The number of aromatic nitrogens is 3. The number of aryl methyl sites for hydroxylation is 2. The minimum absolute atomic E-state index is 0. The first-order chi connectivity index (χ1) is 18.0. The van der Waals surface area contributed by atoms with Crippen molar-refractivity contribution in [2.75, 3.05) is 32.0 Å². The molecule has 1 aromatic carbocycles. The van der Waals surface area contributed by atoms with Gasteiger partial charge in [-0.15, -0.1) is 6.17 Å². The fraction of sp³-hybridized carbons (Fsp3) is 0.333. The average molecular weight is 792 g/mol. The monoisotopic (exact) mass is 791 g/mol. The summed E-state index contributed by atoms with van der Waals surface area (Å²) < 4.78 is 57.1. The molecule has 1 radical (unpaired) electrons. The van der Waals surface area contributed by atoms with E-state index < -0.39 is 17.8 Å². The Morgan fingerprint density at radius 1 is 1.28 bits per heavy atom. The molecule has 7 nitrogen and oxygen atoms in total. The fourth-order valence-corrected chi connectivity index (χ4v) is 4.45. The Morgan fingerprint density at radius 2 is 2.03 bits per heavy atom. The van der Waals surface area contributed by atoms with Gasteiger partial charge in [0.2, 0.25) is 0 Å². The molecule has 3 heterocycles. The van der Waals surface area contributed by atoms with E-state index >= 15 is 0 Å². The van der Waals surface area contributed by atoms with Gasteiger partial charge in [-0.05, 0) is 50.7 Å². The average Bonchev–Trinajstić information content (AvgIpc) is 3.20. The zero-order valence-electron chi connectivity index (χ0n) is 21.6. The number of piperidine rings is 1. The molecule has 0 aliphatic carbocycles. The number of pyridine rings is 1. The smallest absolute Gasteiger partial charge is 0.417 e. The molecular weight excluding hydrogens is 762 g/mol. The normalized spacial score (nSPS) is 16.8. The molecule has 1 aliphatic rings. The van der Waals surface area contributed by atoms with Gasteiger partial charge in [-0.25, -0.2) is 4.98 Å². The van der Waals surface area contributed by atoms with Crippen LogP contribution in [0.25, 0.3) is 22.4 Å². The second-order valence-corrected chi connectivity index (χ2v) is 9.36. The number of alkyl halides is 3. The van der Waals surface area contributed by atoms with Crippen molar-refractivity contribution in [2.24, 2.45) is 7.05 Å². The molecule has 39 heavy (non-hydrogen) atoms. The van der Waals surface area contributed by atoms with Gasteiger partial charge in [-0.2, -0.15) is 18.3 Å². The van der Waals surface area contributed by atoms with Crippen LogP contribution in [-0.2, 0) is 7.05 Å². The molecule has 3 aromatic rings. The number of hydrogen-bond acceptors (Lipinski definition) is 5. The second kappa shape index (κ2) is 11.3.